The summed E-state index contributed by atoms with van der Waals surface area (Å²) in [4.78, 5) is 11.2. The molecule has 0 saturated carbocycles. The molecule has 0 amide bonds. The zero-order valence-electron chi connectivity index (χ0n) is 35.0. The molecule has 6 aromatic rings. The van der Waals surface area contributed by atoms with Crippen LogP contribution in [-0.2, 0) is 50.7 Å². The summed E-state index contributed by atoms with van der Waals surface area (Å²) in [6.07, 6.45) is -2.98. The Morgan fingerprint density at radius 2 is 1.02 bits per heavy atom. The van der Waals surface area contributed by atoms with Crippen LogP contribution >= 0.6 is 57.5 Å². The van der Waals surface area contributed by atoms with Crippen molar-refractivity contribution in [3.63, 3.8) is 0 Å². The molecule has 0 aliphatic heterocycles. The second-order valence-electron chi connectivity index (χ2n) is 13.9. The molecule has 0 N–H and O–H groups in total. The van der Waals surface area contributed by atoms with Crippen LogP contribution in [0.25, 0.3) is 21.1 Å². The van der Waals surface area contributed by atoms with Crippen molar-refractivity contribution in [1.29, 1.82) is 10.5 Å². The van der Waals surface area contributed by atoms with Crippen LogP contribution in [0.1, 0.15) is 89.9 Å². The van der Waals surface area contributed by atoms with E-state index in [1.54, 1.807) is 30.3 Å². The SMILES string of the molecule is CC#N.CCCCc1nc(-c2ccc(C(F)(F)F)cc2)sc1COc1ccc(CC#N)c(Cl)c1.CCCCc1nc(-c2ccc(C(F)(F)F)cc2)sc1COc1ccc(CCl)c(Cl)c1. The number of halogens is 9. The lowest BCUT2D eigenvalue weighted by Crippen LogP contribution is -2.03. The third-order valence-corrected chi connectivity index (χ3v) is 12.4. The minimum absolute atomic E-state index is 0.228. The summed E-state index contributed by atoms with van der Waals surface area (Å²) in [6.45, 7) is 6.21. The van der Waals surface area contributed by atoms with Crippen LogP contribution in [0.3, 0.4) is 0 Å². The maximum Gasteiger partial charge on any atom is 0.416 e. The van der Waals surface area contributed by atoms with Crippen molar-refractivity contribution in [1.82, 2.24) is 9.97 Å². The first-order valence-corrected chi connectivity index (χ1v) is 22.9. The average molecular weight is 980 g/mol. The summed E-state index contributed by atoms with van der Waals surface area (Å²) in [5.41, 5.74) is 3.33. The number of aromatic nitrogens is 2. The van der Waals surface area contributed by atoms with E-state index in [-0.39, 0.29) is 13.0 Å². The van der Waals surface area contributed by atoms with Crippen molar-refractivity contribution in [2.24, 2.45) is 0 Å². The van der Waals surface area contributed by atoms with Crippen LogP contribution in [0.4, 0.5) is 26.3 Å². The number of benzene rings is 4. The summed E-state index contributed by atoms with van der Waals surface area (Å²) >= 11 is 21.1. The number of hydrogen-bond acceptors (Lipinski definition) is 8. The highest BCUT2D eigenvalue weighted by atomic mass is 35.5. The number of alkyl halides is 7. The van der Waals surface area contributed by atoms with E-state index in [2.05, 4.69) is 29.9 Å². The van der Waals surface area contributed by atoms with Crippen molar-refractivity contribution < 1.29 is 35.8 Å². The van der Waals surface area contributed by atoms with Gasteiger partial charge >= 0.3 is 12.4 Å². The van der Waals surface area contributed by atoms with E-state index in [1.807, 2.05) is 12.1 Å². The Hall–Kier alpha value is -4.83. The van der Waals surface area contributed by atoms with E-state index in [4.69, 9.17) is 54.8 Å². The van der Waals surface area contributed by atoms with Gasteiger partial charge in [-0.3, -0.25) is 0 Å². The molecular weight excluding hydrogens is 937 g/mol. The first-order valence-electron chi connectivity index (χ1n) is 19.9. The predicted molar refractivity (Wildman–Crippen MR) is 244 cm³/mol. The van der Waals surface area contributed by atoms with Crippen molar-refractivity contribution >= 4 is 57.5 Å². The van der Waals surface area contributed by atoms with Gasteiger partial charge in [0.15, 0.2) is 0 Å². The number of ether oxygens (including phenoxy) is 2. The summed E-state index contributed by atoms with van der Waals surface area (Å²) in [5, 5.41) is 18.5. The molecule has 0 fully saturated rings. The van der Waals surface area contributed by atoms with Crippen LogP contribution in [0.2, 0.25) is 10.0 Å². The van der Waals surface area contributed by atoms with Crippen LogP contribution in [-0.4, -0.2) is 9.97 Å². The van der Waals surface area contributed by atoms with Gasteiger partial charge in [0, 0.05) is 34.0 Å². The normalized spacial score (nSPS) is 11.1. The molecule has 0 aliphatic rings. The number of nitrogens with zero attached hydrogens (tertiary/aromatic N) is 4. The standard InChI is InChI=1S/C23H20ClF3N2OS.C22H20Cl2F3NOS.C2H3N/c1-2-3-4-20-21(14-30-18-10-7-15(11-12-28)19(24)13-18)31-22(29-20)16-5-8-17(9-6-16)23(25,26)27;1-2-3-4-19-20(13-29-17-10-7-15(12-23)18(24)11-17)30-21(28-19)14-5-8-16(9-6-14)22(25,26)27;1-2-3/h5-10,13H,2-4,11,14H2,1H3;5-11H,2-4,12-13H2,1H3;1H3. The van der Waals surface area contributed by atoms with Gasteiger partial charge in [0.2, 0.25) is 0 Å². The lowest BCUT2D eigenvalue weighted by Gasteiger charge is -2.08. The van der Waals surface area contributed by atoms with Crippen molar-refractivity contribution in [2.75, 3.05) is 0 Å². The van der Waals surface area contributed by atoms with Gasteiger partial charge in [0.05, 0.1) is 50.8 Å². The second kappa shape index (κ2) is 25.0. The molecule has 0 aliphatic carbocycles. The van der Waals surface area contributed by atoms with Crippen molar-refractivity contribution in [3.05, 3.63) is 138 Å². The lowest BCUT2D eigenvalue weighted by molar-refractivity contribution is -0.138. The summed E-state index contributed by atoms with van der Waals surface area (Å²) in [5.74, 6) is 1.53. The third-order valence-electron chi connectivity index (χ3n) is 9.21. The molecule has 0 spiro atoms. The molecule has 338 valence electrons. The Balaban J connectivity index is 0.000000265. The molecule has 0 bridgehead atoms. The first kappa shape index (κ1) is 51.8. The van der Waals surface area contributed by atoms with E-state index < -0.39 is 23.5 Å². The molecule has 6 nitrogen and oxygen atoms in total. The Kier molecular flexibility index (Phi) is 20.3. The van der Waals surface area contributed by atoms with Gasteiger partial charge in [-0.15, -0.1) is 34.3 Å². The number of rotatable bonds is 16. The monoisotopic (exact) mass is 978 g/mol. The zero-order valence-corrected chi connectivity index (χ0v) is 38.9. The van der Waals surface area contributed by atoms with E-state index in [0.29, 0.717) is 55.2 Å². The van der Waals surface area contributed by atoms with E-state index in [1.165, 1.54) is 53.9 Å². The smallest absolute Gasteiger partial charge is 0.416 e. The summed E-state index contributed by atoms with van der Waals surface area (Å²) in [6, 6.07) is 24.5. The molecular formula is C47H43Cl3F6N4O2S2. The number of aryl methyl sites for hydroxylation is 2. The third kappa shape index (κ3) is 15.4. The van der Waals surface area contributed by atoms with Crippen molar-refractivity contribution in [2.45, 2.75) is 97.2 Å². The van der Waals surface area contributed by atoms with Crippen molar-refractivity contribution in [3.8, 4) is 44.8 Å². The Bertz CT molecular complexity index is 2500. The number of thiazole rings is 2. The van der Waals surface area contributed by atoms with Gasteiger partial charge in [-0.25, -0.2) is 9.97 Å². The fraction of sp³-hybridized carbons (Fsp3) is 0.319. The van der Waals surface area contributed by atoms with Gasteiger partial charge in [-0.05, 0) is 85.3 Å². The van der Waals surface area contributed by atoms with Gasteiger partial charge in [-0.2, -0.15) is 36.9 Å². The molecule has 4 aromatic carbocycles. The fourth-order valence-corrected chi connectivity index (χ4v) is 8.62. The van der Waals surface area contributed by atoms with Crippen LogP contribution < -0.4 is 9.47 Å². The maximum absolute atomic E-state index is 12.8. The molecule has 17 heteroatoms. The van der Waals surface area contributed by atoms with E-state index >= 15 is 0 Å². The number of unbranched alkanes of at least 4 members (excludes halogenated alkanes) is 2. The predicted octanol–water partition coefficient (Wildman–Crippen LogP) is 16.1. The number of nitriles is 2. The highest BCUT2D eigenvalue weighted by Crippen LogP contribution is 2.36. The topological polar surface area (TPSA) is 91.8 Å². The molecule has 6 rings (SSSR count). The summed E-state index contributed by atoms with van der Waals surface area (Å²) in [7, 11) is 0. The van der Waals surface area contributed by atoms with Crippen LogP contribution in [0, 0.1) is 22.7 Å². The minimum Gasteiger partial charge on any atom is -0.488 e. The Morgan fingerprint density at radius 3 is 1.34 bits per heavy atom. The van der Waals surface area contributed by atoms with E-state index in [0.717, 1.165) is 95.1 Å². The number of hydrogen-bond donors (Lipinski definition) is 0. The highest BCUT2D eigenvalue weighted by Gasteiger charge is 2.31. The van der Waals surface area contributed by atoms with Gasteiger partial charge < -0.3 is 9.47 Å². The quantitative estimate of drug-likeness (QED) is 0.0709. The molecule has 0 unspecified atom stereocenters. The van der Waals surface area contributed by atoms with Crippen LogP contribution in [0.15, 0.2) is 84.9 Å². The molecule has 64 heavy (non-hydrogen) atoms. The summed E-state index contributed by atoms with van der Waals surface area (Å²) < 4.78 is 88.8. The first-order chi connectivity index (χ1) is 30.5. The fourth-order valence-electron chi connectivity index (χ4n) is 5.79. The van der Waals surface area contributed by atoms with E-state index in [9.17, 15) is 26.3 Å². The Labute approximate surface area is 392 Å². The minimum atomic E-state index is -4.36. The zero-order chi connectivity index (χ0) is 46.9. The molecule has 2 heterocycles. The van der Waals surface area contributed by atoms with Gasteiger partial charge in [-0.1, -0.05) is 86.3 Å². The largest absolute Gasteiger partial charge is 0.488 e. The molecule has 2 aromatic heterocycles. The lowest BCUT2D eigenvalue weighted by atomic mass is 10.1. The molecule has 0 radical (unpaired) electrons. The average Bonchev–Trinajstić information content (AvgIpc) is 3.88. The van der Waals surface area contributed by atoms with Gasteiger partial charge in [0.1, 0.15) is 34.7 Å². The maximum atomic E-state index is 12.8. The molecule has 0 saturated heterocycles. The Morgan fingerprint density at radius 1 is 0.625 bits per heavy atom. The highest BCUT2D eigenvalue weighted by molar-refractivity contribution is 7.15. The van der Waals surface area contributed by atoms with Gasteiger partial charge in [0.25, 0.3) is 0 Å². The molecule has 0 atom stereocenters. The van der Waals surface area contributed by atoms with Crippen LogP contribution in [0.5, 0.6) is 11.5 Å². The second-order valence-corrected chi connectivity index (χ2v) is 17.2.